The lowest BCUT2D eigenvalue weighted by Gasteiger charge is -2.04. The first kappa shape index (κ1) is 17.6. The van der Waals surface area contributed by atoms with Crippen LogP contribution in [0.25, 0.3) is 11.5 Å². The van der Waals surface area contributed by atoms with Gasteiger partial charge < -0.3 is 15.5 Å². The summed E-state index contributed by atoms with van der Waals surface area (Å²) in [7, 11) is -3.74. The van der Waals surface area contributed by atoms with Gasteiger partial charge in [-0.2, -0.15) is 0 Å². The van der Waals surface area contributed by atoms with Crippen molar-refractivity contribution < 1.29 is 17.6 Å². The zero-order valence-corrected chi connectivity index (χ0v) is 14.4. The van der Waals surface area contributed by atoms with Gasteiger partial charge in [-0.25, -0.2) is 18.5 Å². The molecule has 3 aromatic rings. The minimum absolute atomic E-state index is 0.00849. The van der Waals surface area contributed by atoms with Crippen LogP contribution in [0.4, 0.5) is 5.69 Å². The van der Waals surface area contributed by atoms with Crippen LogP contribution in [0.5, 0.6) is 0 Å². The van der Waals surface area contributed by atoms with Crippen LogP contribution in [-0.4, -0.2) is 19.3 Å². The first-order valence-electron chi connectivity index (χ1n) is 7.55. The van der Waals surface area contributed by atoms with Crippen molar-refractivity contribution in [2.75, 3.05) is 5.73 Å². The van der Waals surface area contributed by atoms with Crippen LogP contribution in [0.1, 0.15) is 16.1 Å². The Morgan fingerprint density at radius 3 is 2.46 bits per heavy atom. The fourth-order valence-electron chi connectivity index (χ4n) is 2.26. The van der Waals surface area contributed by atoms with Crippen molar-refractivity contribution in [3.8, 4) is 11.5 Å². The second-order valence-corrected chi connectivity index (χ2v) is 7.06. The number of primary sulfonamides is 1. The maximum Gasteiger partial charge on any atom is 0.273 e. The van der Waals surface area contributed by atoms with E-state index in [1.54, 1.807) is 36.4 Å². The summed E-state index contributed by atoms with van der Waals surface area (Å²) in [6, 6.07) is 12.9. The molecule has 0 spiro atoms. The van der Waals surface area contributed by atoms with Crippen LogP contribution in [0, 0.1) is 0 Å². The van der Waals surface area contributed by atoms with Gasteiger partial charge in [0.25, 0.3) is 5.91 Å². The number of hydrogen-bond donors (Lipinski definition) is 3. The van der Waals surface area contributed by atoms with E-state index in [2.05, 4.69) is 10.3 Å². The Kier molecular flexibility index (Phi) is 4.74. The first-order valence-corrected chi connectivity index (χ1v) is 9.09. The van der Waals surface area contributed by atoms with Gasteiger partial charge in [0.2, 0.25) is 15.9 Å². The summed E-state index contributed by atoms with van der Waals surface area (Å²) < 4.78 is 27.8. The maximum atomic E-state index is 12.2. The zero-order chi connectivity index (χ0) is 18.7. The quantitative estimate of drug-likeness (QED) is 0.580. The van der Waals surface area contributed by atoms with Gasteiger partial charge in [-0.05, 0) is 29.8 Å². The standard InChI is InChI=1S/C17H16N4O4S/c18-14-4-2-1-3-13(14)17-21-15(10-25-17)16(22)20-9-11-5-7-12(8-6-11)26(19,23)24/h1-8,10H,9,18H2,(H,20,22)(H2,19,23,24). The zero-order valence-electron chi connectivity index (χ0n) is 13.5. The van der Waals surface area contributed by atoms with Gasteiger partial charge in [0.1, 0.15) is 6.26 Å². The Hall–Kier alpha value is -3.17. The number of rotatable bonds is 5. The van der Waals surface area contributed by atoms with Crippen LogP contribution in [0.15, 0.2) is 64.1 Å². The Morgan fingerprint density at radius 2 is 1.81 bits per heavy atom. The lowest BCUT2D eigenvalue weighted by atomic mass is 10.2. The molecule has 0 saturated heterocycles. The highest BCUT2D eigenvalue weighted by Crippen LogP contribution is 2.24. The molecule has 0 unspecified atom stereocenters. The first-order chi connectivity index (χ1) is 12.3. The Morgan fingerprint density at radius 1 is 1.12 bits per heavy atom. The summed E-state index contributed by atoms with van der Waals surface area (Å²) in [5.74, 6) is -0.171. The SMILES string of the molecule is Nc1ccccc1-c1nc(C(=O)NCc2ccc(S(N)(=O)=O)cc2)co1. The van der Waals surface area contributed by atoms with Gasteiger partial charge >= 0.3 is 0 Å². The predicted octanol–water partition coefficient (Wildman–Crippen LogP) is 1.50. The van der Waals surface area contributed by atoms with Gasteiger partial charge in [-0.3, -0.25) is 4.79 Å². The number of oxazole rings is 1. The van der Waals surface area contributed by atoms with E-state index in [9.17, 15) is 13.2 Å². The summed E-state index contributed by atoms with van der Waals surface area (Å²) in [6.45, 7) is 0.194. The van der Waals surface area contributed by atoms with E-state index in [1.807, 2.05) is 0 Å². The van der Waals surface area contributed by atoms with Crippen molar-refractivity contribution in [2.24, 2.45) is 5.14 Å². The highest BCUT2D eigenvalue weighted by Gasteiger charge is 2.15. The van der Waals surface area contributed by atoms with E-state index >= 15 is 0 Å². The number of nitrogen functional groups attached to an aromatic ring is 1. The molecule has 0 radical (unpaired) electrons. The molecule has 0 aliphatic heterocycles. The molecule has 8 nitrogen and oxygen atoms in total. The normalized spacial score (nSPS) is 11.3. The second-order valence-electron chi connectivity index (χ2n) is 5.50. The summed E-state index contributed by atoms with van der Waals surface area (Å²) in [5.41, 5.74) is 7.79. The largest absolute Gasteiger partial charge is 0.444 e. The number of benzene rings is 2. The Bertz CT molecular complexity index is 1040. The van der Waals surface area contributed by atoms with Gasteiger partial charge in [0.15, 0.2) is 5.69 Å². The van der Waals surface area contributed by atoms with Crippen molar-refractivity contribution in [1.29, 1.82) is 0 Å². The van der Waals surface area contributed by atoms with Crippen molar-refractivity contribution in [3.63, 3.8) is 0 Å². The third-order valence-electron chi connectivity index (χ3n) is 3.63. The van der Waals surface area contributed by atoms with Crippen LogP contribution in [-0.2, 0) is 16.6 Å². The number of nitrogens with two attached hydrogens (primary N) is 2. The molecular weight excluding hydrogens is 356 g/mol. The molecule has 3 rings (SSSR count). The van der Waals surface area contributed by atoms with Gasteiger partial charge in [-0.15, -0.1) is 0 Å². The van der Waals surface area contributed by atoms with Crippen LogP contribution in [0.3, 0.4) is 0 Å². The summed E-state index contributed by atoms with van der Waals surface area (Å²) in [4.78, 5) is 16.3. The van der Waals surface area contributed by atoms with Gasteiger partial charge in [-0.1, -0.05) is 24.3 Å². The van der Waals surface area contributed by atoms with Crippen molar-refractivity contribution >= 4 is 21.6 Å². The van der Waals surface area contributed by atoms with E-state index in [0.29, 0.717) is 16.8 Å². The molecule has 0 bridgehead atoms. The highest BCUT2D eigenvalue weighted by molar-refractivity contribution is 7.89. The van der Waals surface area contributed by atoms with E-state index in [4.69, 9.17) is 15.3 Å². The number of carbonyl (C=O) groups excluding carboxylic acids is 1. The molecule has 0 saturated carbocycles. The van der Waals surface area contributed by atoms with Crippen molar-refractivity contribution in [3.05, 3.63) is 66.1 Å². The molecule has 2 aromatic carbocycles. The monoisotopic (exact) mass is 372 g/mol. The maximum absolute atomic E-state index is 12.2. The molecule has 1 heterocycles. The number of carbonyl (C=O) groups is 1. The lowest BCUT2D eigenvalue weighted by molar-refractivity contribution is 0.0946. The number of nitrogens with zero attached hydrogens (tertiary/aromatic N) is 1. The number of nitrogens with one attached hydrogen (secondary N) is 1. The van der Waals surface area contributed by atoms with Crippen molar-refractivity contribution in [1.82, 2.24) is 10.3 Å². The molecule has 134 valence electrons. The molecular formula is C17H16N4O4S. The highest BCUT2D eigenvalue weighted by atomic mass is 32.2. The van der Waals surface area contributed by atoms with Crippen molar-refractivity contribution in [2.45, 2.75) is 11.4 Å². The van der Waals surface area contributed by atoms with Crippen LogP contribution < -0.4 is 16.2 Å². The summed E-state index contributed by atoms with van der Waals surface area (Å²) in [5, 5.41) is 7.72. The Labute approximate surface area is 149 Å². The molecule has 26 heavy (non-hydrogen) atoms. The van der Waals surface area contributed by atoms with Gasteiger partial charge in [0.05, 0.1) is 10.5 Å². The van der Waals surface area contributed by atoms with E-state index in [1.165, 1.54) is 18.4 Å². The number of amides is 1. The molecule has 0 aliphatic carbocycles. The smallest absolute Gasteiger partial charge is 0.273 e. The molecule has 0 aliphatic rings. The fraction of sp³-hybridized carbons (Fsp3) is 0.0588. The fourth-order valence-corrected chi connectivity index (χ4v) is 2.78. The molecule has 1 amide bonds. The molecule has 0 fully saturated rings. The summed E-state index contributed by atoms with van der Waals surface area (Å²) in [6.07, 6.45) is 1.25. The van der Waals surface area contributed by atoms with E-state index in [-0.39, 0.29) is 23.0 Å². The topological polar surface area (TPSA) is 141 Å². The number of hydrogen-bond acceptors (Lipinski definition) is 6. The lowest BCUT2D eigenvalue weighted by Crippen LogP contribution is -2.23. The average molecular weight is 372 g/mol. The third kappa shape index (κ3) is 3.90. The molecule has 9 heteroatoms. The third-order valence-corrected chi connectivity index (χ3v) is 4.56. The number of aromatic nitrogens is 1. The average Bonchev–Trinajstić information content (AvgIpc) is 3.09. The summed E-state index contributed by atoms with van der Waals surface area (Å²) >= 11 is 0. The molecule has 0 atom stereocenters. The minimum atomic E-state index is -3.74. The number of anilines is 1. The van der Waals surface area contributed by atoms with Crippen LogP contribution >= 0.6 is 0 Å². The molecule has 1 aromatic heterocycles. The Balaban J connectivity index is 1.67. The van der Waals surface area contributed by atoms with Gasteiger partial charge in [0, 0.05) is 12.2 Å². The van der Waals surface area contributed by atoms with E-state index < -0.39 is 15.9 Å². The minimum Gasteiger partial charge on any atom is -0.444 e. The molecule has 5 N–H and O–H groups in total. The van der Waals surface area contributed by atoms with E-state index in [0.717, 1.165) is 0 Å². The number of para-hydroxylation sites is 1. The predicted molar refractivity (Wildman–Crippen MR) is 95.3 cm³/mol. The second kappa shape index (κ2) is 6.98. The van der Waals surface area contributed by atoms with Crippen LogP contribution in [0.2, 0.25) is 0 Å². The number of sulfonamides is 1.